The van der Waals surface area contributed by atoms with E-state index in [1.165, 1.54) is 12.3 Å². The first-order chi connectivity index (χ1) is 10.6. The van der Waals surface area contributed by atoms with Crippen LogP contribution in [-0.2, 0) is 0 Å². The summed E-state index contributed by atoms with van der Waals surface area (Å²) in [6.45, 7) is 2.68. The highest BCUT2D eigenvalue weighted by Gasteiger charge is 2.14. The van der Waals surface area contributed by atoms with Gasteiger partial charge in [-0.05, 0) is 18.6 Å². The average Bonchev–Trinajstić information content (AvgIpc) is 2.51. The van der Waals surface area contributed by atoms with Crippen molar-refractivity contribution in [3.8, 4) is 11.4 Å². The van der Waals surface area contributed by atoms with Crippen LogP contribution in [0.4, 0.5) is 10.2 Å². The summed E-state index contributed by atoms with van der Waals surface area (Å²) < 4.78 is 13.7. The number of nitrogens with two attached hydrogens (primary N) is 1. The Hall–Kier alpha value is -2.50. The van der Waals surface area contributed by atoms with E-state index in [0.717, 1.165) is 19.3 Å². The van der Waals surface area contributed by atoms with Crippen LogP contribution in [0.1, 0.15) is 36.5 Å². The molecule has 116 valence electrons. The van der Waals surface area contributed by atoms with Gasteiger partial charge in [-0.3, -0.25) is 4.79 Å². The summed E-state index contributed by atoms with van der Waals surface area (Å²) in [6.07, 6.45) is 4.38. The Labute approximate surface area is 128 Å². The molecule has 0 aliphatic rings. The minimum absolute atomic E-state index is 0.0428. The SMILES string of the molecule is CCCCCNC(=O)c1cnc(-c2ccccc2F)nc1N. The van der Waals surface area contributed by atoms with Crippen LogP contribution < -0.4 is 11.1 Å². The van der Waals surface area contributed by atoms with Gasteiger partial charge in [0.25, 0.3) is 5.91 Å². The highest BCUT2D eigenvalue weighted by molar-refractivity contribution is 5.98. The first-order valence-electron chi connectivity index (χ1n) is 7.29. The smallest absolute Gasteiger partial charge is 0.256 e. The lowest BCUT2D eigenvalue weighted by Crippen LogP contribution is -2.26. The molecule has 5 nitrogen and oxygen atoms in total. The third-order valence-corrected chi connectivity index (χ3v) is 3.24. The molecule has 0 atom stereocenters. The molecule has 1 amide bonds. The van der Waals surface area contributed by atoms with Gasteiger partial charge < -0.3 is 11.1 Å². The van der Waals surface area contributed by atoms with E-state index in [1.807, 2.05) is 0 Å². The Morgan fingerprint density at radius 3 is 2.77 bits per heavy atom. The van der Waals surface area contributed by atoms with E-state index in [0.29, 0.717) is 6.54 Å². The number of aromatic nitrogens is 2. The molecule has 3 N–H and O–H groups in total. The molecule has 0 unspecified atom stereocenters. The number of nitrogens with one attached hydrogen (secondary N) is 1. The standard InChI is InChI=1S/C16H19FN4O/c1-2-3-6-9-19-16(22)12-10-20-15(21-14(12)18)11-7-4-5-8-13(11)17/h4-5,7-8,10H,2-3,6,9H2,1H3,(H,19,22)(H2,18,20,21). The second-order valence-electron chi connectivity index (χ2n) is 4.94. The van der Waals surface area contributed by atoms with Gasteiger partial charge >= 0.3 is 0 Å². The monoisotopic (exact) mass is 302 g/mol. The lowest BCUT2D eigenvalue weighted by atomic mass is 10.2. The lowest BCUT2D eigenvalue weighted by molar-refractivity contribution is 0.0953. The second-order valence-corrected chi connectivity index (χ2v) is 4.94. The number of rotatable bonds is 6. The van der Waals surface area contributed by atoms with Crippen molar-refractivity contribution in [2.45, 2.75) is 26.2 Å². The maximum atomic E-state index is 13.7. The molecular weight excluding hydrogens is 283 g/mol. The summed E-state index contributed by atoms with van der Waals surface area (Å²) in [5.74, 6) is -0.535. The van der Waals surface area contributed by atoms with Crippen LogP contribution in [-0.4, -0.2) is 22.4 Å². The zero-order valence-corrected chi connectivity index (χ0v) is 12.5. The van der Waals surface area contributed by atoms with Crippen molar-refractivity contribution in [1.29, 1.82) is 0 Å². The van der Waals surface area contributed by atoms with Crippen molar-refractivity contribution in [3.63, 3.8) is 0 Å². The van der Waals surface area contributed by atoms with E-state index in [2.05, 4.69) is 22.2 Å². The number of amides is 1. The summed E-state index contributed by atoms with van der Waals surface area (Å²) in [5, 5.41) is 2.77. The maximum Gasteiger partial charge on any atom is 0.256 e. The van der Waals surface area contributed by atoms with Crippen LogP contribution in [0.5, 0.6) is 0 Å². The first-order valence-corrected chi connectivity index (χ1v) is 7.29. The molecule has 0 saturated carbocycles. The van der Waals surface area contributed by atoms with E-state index in [9.17, 15) is 9.18 Å². The summed E-state index contributed by atoms with van der Waals surface area (Å²) in [4.78, 5) is 20.1. The van der Waals surface area contributed by atoms with Gasteiger partial charge in [0, 0.05) is 12.7 Å². The van der Waals surface area contributed by atoms with Gasteiger partial charge in [0.1, 0.15) is 11.6 Å². The largest absolute Gasteiger partial charge is 0.383 e. The van der Waals surface area contributed by atoms with Gasteiger partial charge in [-0.1, -0.05) is 31.9 Å². The normalized spacial score (nSPS) is 10.5. The Morgan fingerprint density at radius 2 is 2.09 bits per heavy atom. The van der Waals surface area contributed by atoms with E-state index < -0.39 is 5.82 Å². The number of nitrogen functional groups attached to an aromatic ring is 1. The van der Waals surface area contributed by atoms with E-state index in [-0.39, 0.29) is 28.7 Å². The van der Waals surface area contributed by atoms with Crippen molar-refractivity contribution in [2.24, 2.45) is 0 Å². The van der Waals surface area contributed by atoms with Crippen LogP contribution in [0, 0.1) is 5.82 Å². The van der Waals surface area contributed by atoms with Gasteiger partial charge in [0.05, 0.1) is 11.1 Å². The van der Waals surface area contributed by atoms with Gasteiger partial charge in [-0.2, -0.15) is 0 Å². The summed E-state index contributed by atoms with van der Waals surface area (Å²) in [5.41, 5.74) is 6.26. The highest BCUT2D eigenvalue weighted by atomic mass is 19.1. The average molecular weight is 302 g/mol. The summed E-state index contributed by atoms with van der Waals surface area (Å²) in [6, 6.07) is 6.16. The fourth-order valence-electron chi connectivity index (χ4n) is 2.01. The number of benzene rings is 1. The quantitative estimate of drug-likeness (QED) is 0.804. The Kier molecular flexibility index (Phi) is 5.41. The molecule has 0 spiro atoms. The van der Waals surface area contributed by atoms with Crippen LogP contribution in [0.15, 0.2) is 30.5 Å². The predicted molar refractivity (Wildman–Crippen MR) is 83.7 cm³/mol. The van der Waals surface area contributed by atoms with Crippen molar-refractivity contribution in [2.75, 3.05) is 12.3 Å². The topological polar surface area (TPSA) is 80.9 Å². The van der Waals surface area contributed by atoms with Crippen LogP contribution in [0.25, 0.3) is 11.4 Å². The predicted octanol–water partition coefficient (Wildman–Crippen LogP) is 2.78. The van der Waals surface area contributed by atoms with Crippen LogP contribution in [0.2, 0.25) is 0 Å². The molecule has 0 radical (unpaired) electrons. The highest BCUT2D eigenvalue weighted by Crippen LogP contribution is 2.20. The van der Waals surface area contributed by atoms with Crippen molar-refractivity contribution >= 4 is 11.7 Å². The number of hydrogen-bond acceptors (Lipinski definition) is 4. The van der Waals surface area contributed by atoms with Crippen LogP contribution in [0.3, 0.4) is 0 Å². The number of nitrogens with zero attached hydrogens (tertiary/aromatic N) is 2. The molecular formula is C16H19FN4O. The number of halogens is 1. The summed E-state index contributed by atoms with van der Waals surface area (Å²) >= 11 is 0. The zero-order chi connectivity index (χ0) is 15.9. The van der Waals surface area contributed by atoms with Gasteiger partial charge in [-0.25, -0.2) is 14.4 Å². The van der Waals surface area contributed by atoms with Gasteiger partial charge in [0.2, 0.25) is 0 Å². The number of carbonyl (C=O) groups is 1. The number of hydrogen-bond donors (Lipinski definition) is 2. The minimum Gasteiger partial charge on any atom is -0.383 e. The Morgan fingerprint density at radius 1 is 1.32 bits per heavy atom. The van der Waals surface area contributed by atoms with Crippen molar-refractivity contribution in [3.05, 3.63) is 41.8 Å². The number of anilines is 1. The Balaban J connectivity index is 2.13. The second kappa shape index (κ2) is 7.49. The molecule has 0 saturated heterocycles. The lowest BCUT2D eigenvalue weighted by Gasteiger charge is -2.08. The maximum absolute atomic E-state index is 13.7. The zero-order valence-electron chi connectivity index (χ0n) is 12.5. The molecule has 1 aromatic heterocycles. The third-order valence-electron chi connectivity index (χ3n) is 3.24. The molecule has 22 heavy (non-hydrogen) atoms. The third kappa shape index (κ3) is 3.78. The Bertz CT molecular complexity index is 660. The molecule has 2 rings (SSSR count). The number of unbranched alkanes of at least 4 members (excludes halogenated alkanes) is 2. The molecule has 2 aromatic rings. The summed E-state index contributed by atoms with van der Waals surface area (Å²) in [7, 11) is 0. The van der Waals surface area contributed by atoms with Crippen molar-refractivity contribution < 1.29 is 9.18 Å². The van der Waals surface area contributed by atoms with Gasteiger partial charge in [0.15, 0.2) is 5.82 Å². The van der Waals surface area contributed by atoms with E-state index in [1.54, 1.807) is 18.2 Å². The van der Waals surface area contributed by atoms with E-state index in [4.69, 9.17) is 5.73 Å². The molecule has 0 bridgehead atoms. The molecule has 0 aliphatic carbocycles. The fourth-order valence-corrected chi connectivity index (χ4v) is 2.01. The fraction of sp³-hybridized carbons (Fsp3) is 0.312. The van der Waals surface area contributed by atoms with Crippen molar-refractivity contribution in [1.82, 2.24) is 15.3 Å². The molecule has 1 aromatic carbocycles. The van der Waals surface area contributed by atoms with Crippen LogP contribution >= 0.6 is 0 Å². The molecule has 0 fully saturated rings. The first kappa shape index (κ1) is 15.9. The molecule has 1 heterocycles. The van der Waals surface area contributed by atoms with Gasteiger partial charge in [-0.15, -0.1) is 0 Å². The minimum atomic E-state index is -0.432. The molecule has 0 aliphatic heterocycles. The molecule has 6 heteroatoms. The van der Waals surface area contributed by atoms with E-state index >= 15 is 0 Å². The number of carbonyl (C=O) groups excluding carboxylic acids is 1.